The Hall–Kier alpha value is -3.34. The molecule has 4 heterocycles. The first kappa shape index (κ1) is 24.4. The summed E-state index contributed by atoms with van der Waals surface area (Å²) >= 11 is 1.50. The molecule has 1 saturated carbocycles. The van der Waals surface area contributed by atoms with Crippen molar-refractivity contribution in [3.05, 3.63) is 74.5 Å². The number of hydrogen-bond donors (Lipinski definition) is 0. The van der Waals surface area contributed by atoms with Crippen LogP contribution in [0.4, 0.5) is 13.2 Å². The molecule has 0 bridgehead atoms. The molecule has 188 valence electrons. The number of alkyl halides is 3. The molecule has 5 rings (SSSR count). The van der Waals surface area contributed by atoms with Crippen LogP contribution in [0.3, 0.4) is 0 Å². The maximum atomic E-state index is 13.8. The Morgan fingerprint density at radius 1 is 1.08 bits per heavy atom. The van der Waals surface area contributed by atoms with E-state index in [2.05, 4.69) is 31.0 Å². The van der Waals surface area contributed by atoms with Gasteiger partial charge in [-0.15, -0.1) is 13.2 Å². The zero-order chi connectivity index (χ0) is 25.4. The molecule has 4 aromatic heterocycles. The average Bonchev–Trinajstić information content (AvgIpc) is 3.27. The number of aryl methyl sites for hydroxylation is 2. The Morgan fingerprint density at radius 2 is 1.81 bits per heavy atom. The number of pyridine rings is 2. The van der Waals surface area contributed by atoms with Crippen molar-refractivity contribution in [2.75, 3.05) is 0 Å². The fourth-order valence-corrected chi connectivity index (χ4v) is 5.65. The van der Waals surface area contributed by atoms with Gasteiger partial charge in [-0.05, 0) is 86.7 Å². The van der Waals surface area contributed by atoms with Crippen molar-refractivity contribution in [3.63, 3.8) is 0 Å². The van der Waals surface area contributed by atoms with Crippen molar-refractivity contribution in [1.29, 1.82) is 0 Å². The largest absolute Gasteiger partial charge is 0.573 e. The van der Waals surface area contributed by atoms with Crippen molar-refractivity contribution < 1.29 is 17.9 Å². The number of halogens is 3. The number of rotatable bonds is 5. The van der Waals surface area contributed by atoms with Crippen molar-refractivity contribution >= 4 is 22.7 Å². The predicted molar refractivity (Wildman–Crippen MR) is 129 cm³/mol. The van der Waals surface area contributed by atoms with Crippen LogP contribution in [0.15, 0.2) is 41.6 Å². The minimum absolute atomic E-state index is 0.0113. The summed E-state index contributed by atoms with van der Waals surface area (Å²) in [5.41, 5.74) is 3.00. The Labute approximate surface area is 209 Å². The van der Waals surface area contributed by atoms with Gasteiger partial charge < -0.3 is 4.74 Å². The molecule has 0 saturated heterocycles. The van der Waals surface area contributed by atoms with Crippen molar-refractivity contribution in [1.82, 2.24) is 23.9 Å². The number of nitrogens with zero attached hydrogens (tertiary/aromatic N) is 5. The number of ether oxygens (including phenoxy) is 1. The molecule has 4 aromatic rings. The molecule has 0 atom stereocenters. The SMILES string of the molecule is Cc1cnc2cc(C3CCC(c4cnsc4C)CC3)c(=O)n(Cc3ncccc3OC(F)(F)F)c2n1. The molecule has 7 nitrogen and oxygen atoms in total. The highest BCUT2D eigenvalue weighted by Gasteiger charge is 2.33. The molecule has 1 aliphatic carbocycles. The average molecular weight is 516 g/mol. The highest BCUT2D eigenvalue weighted by Crippen LogP contribution is 2.41. The van der Waals surface area contributed by atoms with E-state index in [4.69, 9.17) is 0 Å². The van der Waals surface area contributed by atoms with Gasteiger partial charge in [0, 0.05) is 29.0 Å². The van der Waals surface area contributed by atoms with Crippen molar-refractivity contribution in [3.8, 4) is 5.75 Å². The molecule has 0 N–H and O–H groups in total. The predicted octanol–water partition coefficient (Wildman–Crippen LogP) is 5.65. The molecule has 1 aliphatic rings. The Bertz CT molecular complexity index is 1460. The van der Waals surface area contributed by atoms with Gasteiger partial charge in [0.05, 0.1) is 12.2 Å². The molecular formula is C25H24F3N5O2S. The van der Waals surface area contributed by atoms with Gasteiger partial charge in [-0.2, -0.15) is 0 Å². The molecule has 0 radical (unpaired) electrons. The summed E-state index contributed by atoms with van der Waals surface area (Å²) in [6.07, 6.45) is 3.57. The van der Waals surface area contributed by atoms with Crippen LogP contribution in [-0.2, 0) is 6.54 Å². The van der Waals surface area contributed by atoms with Gasteiger partial charge in [-0.1, -0.05) is 0 Å². The monoisotopic (exact) mass is 515 g/mol. The van der Waals surface area contributed by atoms with Crippen LogP contribution in [0.5, 0.6) is 5.75 Å². The van der Waals surface area contributed by atoms with E-state index in [-0.39, 0.29) is 23.7 Å². The van der Waals surface area contributed by atoms with Crippen LogP contribution >= 0.6 is 11.5 Å². The maximum Gasteiger partial charge on any atom is 0.573 e. The van der Waals surface area contributed by atoms with Gasteiger partial charge in [0.1, 0.15) is 11.2 Å². The van der Waals surface area contributed by atoms with E-state index in [9.17, 15) is 18.0 Å². The third-order valence-corrected chi connectivity index (χ3v) is 7.44. The highest BCUT2D eigenvalue weighted by molar-refractivity contribution is 7.05. The molecule has 1 fully saturated rings. The first-order valence-corrected chi connectivity index (χ1v) is 12.4. The highest BCUT2D eigenvalue weighted by atomic mass is 32.1. The maximum absolute atomic E-state index is 13.8. The molecule has 11 heteroatoms. The second kappa shape index (κ2) is 9.61. The van der Waals surface area contributed by atoms with Crippen molar-refractivity contribution in [2.24, 2.45) is 0 Å². The normalized spacial score (nSPS) is 18.5. The van der Waals surface area contributed by atoms with Gasteiger partial charge in [-0.25, -0.2) is 9.36 Å². The summed E-state index contributed by atoms with van der Waals surface area (Å²) < 4.78 is 48.7. The number of hydrogen-bond acceptors (Lipinski definition) is 7. The minimum Gasteiger partial charge on any atom is -0.404 e. The van der Waals surface area contributed by atoms with E-state index >= 15 is 0 Å². The summed E-state index contributed by atoms with van der Waals surface area (Å²) in [6, 6.07) is 4.33. The second-order valence-corrected chi connectivity index (χ2v) is 10.1. The van der Waals surface area contributed by atoms with Gasteiger partial charge in [0.2, 0.25) is 0 Å². The van der Waals surface area contributed by atoms with E-state index in [1.807, 2.05) is 6.20 Å². The fraction of sp³-hybridized carbons (Fsp3) is 0.400. The lowest BCUT2D eigenvalue weighted by Crippen LogP contribution is -2.29. The molecule has 0 aliphatic heterocycles. The standard InChI is InChI=1S/C25H24F3N5O2S/c1-14-11-30-20-10-18(16-5-7-17(8-6-16)19-12-31-36-15(19)2)24(34)33(23(20)32-14)13-21-22(4-3-9-29-21)35-25(26,27)28/h3-4,9-12,16-17H,5-8,13H2,1-2H3. The molecular weight excluding hydrogens is 491 g/mol. The number of aromatic nitrogens is 5. The Morgan fingerprint density at radius 3 is 2.47 bits per heavy atom. The Balaban J connectivity index is 1.52. The summed E-state index contributed by atoms with van der Waals surface area (Å²) in [4.78, 5) is 28.0. The summed E-state index contributed by atoms with van der Waals surface area (Å²) in [5.74, 6) is -0.00827. The van der Waals surface area contributed by atoms with Crippen LogP contribution in [0, 0.1) is 13.8 Å². The van der Waals surface area contributed by atoms with Crippen LogP contribution in [-0.4, -0.2) is 30.3 Å². The minimum atomic E-state index is -4.88. The molecule has 0 spiro atoms. The lowest BCUT2D eigenvalue weighted by Gasteiger charge is -2.29. The van der Waals surface area contributed by atoms with Crippen LogP contribution in [0.2, 0.25) is 0 Å². The molecule has 0 unspecified atom stereocenters. The van der Waals surface area contributed by atoms with Crippen LogP contribution < -0.4 is 10.3 Å². The van der Waals surface area contributed by atoms with E-state index in [1.54, 1.807) is 19.2 Å². The summed E-state index contributed by atoms with van der Waals surface area (Å²) in [6.45, 7) is 3.61. The first-order valence-electron chi connectivity index (χ1n) is 11.7. The number of fused-ring (bicyclic) bond motifs is 1. The molecule has 0 aromatic carbocycles. The lowest BCUT2D eigenvalue weighted by atomic mass is 9.76. The van der Waals surface area contributed by atoms with Gasteiger partial charge in [0.25, 0.3) is 5.56 Å². The lowest BCUT2D eigenvalue weighted by molar-refractivity contribution is -0.275. The second-order valence-electron chi connectivity index (χ2n) is 9.09. The zero-order valence-electron chi connectivity index (χ0n) is 19.7. The van der Waals surface area contributed by atoms with E-state index in [0.29, 0.717) is 28.3 Å². The van der Waals surface area contributed by atoms with E-state index in [0.717, 1.165) is 25.7 Å². The third-order valence-electron chi connectivity index (χ3n) is 6.72. The van der Waals surface area contributed by atoms with Crippen LogP contribution in [0.25, 0.3) is 11.2 Å². The van der Waals surface area contributed by atoms with Crippen LogP contribution in [0.1, 0.15) is 64.9 Å². The van der Waals surface area contributed by atoms with E-state index in [1.165, 1.54) is 44.9 Å². The summed E-state index contributed by atoms with van der Waals surface area (Å²) in [7, 11) is 0. The first-order chi connectivity index (χ1) is 17.2. The summed E-state index contributed by atoms with van der Waals surface area (Å²) in [5, 5.41) is 0. The van der Waals surface area contributed by atoms with Gasteiger partial charge >= 0.3 is 6.36 Å². The van der Waals surface area contributed by atoms with Crippen molar-refractivity contribution in [2.45, 2.75) is 64.3 Å². The fourth-order valence-electron chi connectivity index (χ4n) is 5.00. The molecule has 36 heavy (non-hydrogen) atoms. The smallest absolute Gasteiger partial charge is 0.404 e. The zero-order valence-corrected chi connectivity index (χ0v) is 20.6. The molecule has 0 amide bonds. The topological polar surface area (TPSA) is 82.8 Å². The van der Waals surface area contributed by atoms with E-state index < -0.39 is 12.1 Å². The Kier molecular flexibility index (Phi) is 6.50. The quantitative estimate of drug-likeness (QED) is 0.342. The van der Waals surface area contributed by atoms with Gasteiger partial charge in [0.15, 0.2) is 11.4 Å². The third kappa shape index (κ3) is 4.97. The van der Waals surface area contributed by atoms with Gasteiger partial charge in [-0.3, -0.25) is 19.3 Å².